The molecule has 0 spiro atoms. The van der Waals surface area contributed by atoms with Crippen LogP contribution in [0.4, 0.5) is 0 Å². The van der Waals surface area contributed by atoms with Gasteiger partial charge in [0.15, 0.2) is 0 Å². The fourth-order valence-electron chi connectivity index (χ4n) is 4.43. The number of hydrogen-bond acceptors (Lipinski definition) is 6. The van der Waals surface area contributed by atoms with Gasteiger partial charge in [0, 0.05) is 26.2 Å². The monoisotopic (exact) mass is 442 g/mol. The molecule has 1 atom stereocenters. The molecule has 1 amide bonds. The van der Waals surface area contributed by atoms with Crippen LogP contribution in [0.15, 0.2) is 47.4 Å². The topological polar surface area (TPSA) is 83.5 Å². The maximum atomic E-state index is 13.3. The molecule has 1 saturated heterocycles. The van der Waals surface area contributed by atoms with Crippen molar-refractivity contribution >= 4 is 38.7 Å². The number of carbonyl (C=O) groups is 1. The quantitative estimate of drug-likeness (QED) is 0.623. The van der Waals surface area contributed by atoms with Crippen molar-refractivity contribution < 1.29 is 13.2 Å². The van der Waals surface area contributed by atoms with Gasteiger partial charge in [-0.15, -0.1) is 0 Å². The summed E-state index contributed by atoms with van der Waals surface area (Å²) in [5.74, 6) is -0.260. The van der Waals surface area contributed by atoms with Crippen molar-refractivity contribution in [3.63, 3.8) is 0 Å². The largest absolute Gasteiger partial charge is 0.338 e. The van der Waals surface area contributed by atoms with Crippen LogP contribution in [-0.2, 0) is 27.8 Å². The molecule has 9 heteroatoms. The molecule has 3 aromatic rings. The number of fused-ring (bicyclic) bond motifs is 2. The number of hydrogen-bond donors (Lipinski definition) is 0. The fraction of sp³-hybridized carbons (Fsp3) is 0.381. The molecule has 0 bridgehead atoms. The molecule has 2 aliphatic heterocycles. The molecule has 156 valence electrons. The standard InChI is InChI=1S/C21H22N4O3S2/c26-21(24-12-10-15-5-1-2-6-16(15)13-24)17-7-4-11-25(14-17)30(27,28)19-9-3-8-18-20(19)23-29-22-18/h1-3,5-6,8-9,17H,4,7,10-14H2/t17-/m0/s1. The van der Waals surface area contributed by atoms with E-state index in [1.54, 1.807) is 18.2 Å². The van der Waals surface area contributed by atoms with Gasteiger partial charge in [0.05, 0.1) is 17.6 Å². The smallest absolute Gasteiger partial charge is 0.245 e. The van der Waals surface area contributed by atoms with Gasteiger partial charge >= 0.3 is 0 Å². The van der Waals surface area contributed by atoms with Crippen molar-refractivity contribution in [1.82, 2.24) is 18.0 Å². The first-order valence-electron chi connectivity index (χ1n) is 10.1. The lowest BCUT2D eigenvalue weighted by molar-refractivity contribution is -0.137. The zero-order valence-corrected chi connectivity index (χ0v) is 18.0. The van der Waals surface area contributed by atoms with Crippen molar-refractivity contribution in [2.75, 3.05) is 19.6 Å². The third-order valence-corrected chi connectivity index (χ3v) is 8.48. The molecule has 0 radical (unpaired) electrons. The minimum Gasteiger partial charge on any atom is -0.338 e. The minimum atomic E-state index is -3.74. The van der Waals surface area contributed by atoms with Crippen molar-refractivity contribution in [2.24, 2.45) is 5.92 Å². The lowest BCUT2D eigenvalue weighted by Crippen LogP contribution is -2.47. The Balaban J connectivity index is 1.36. The van der Waals surface area contributed by atoms with Crippen LogP contribution in [0.5, 0.6) is 0 Å². The third kappa shape index (κ3) is 3.40. The van der Waals surface area contributed by atoms with Crippen molar-refractivity contribution in [1.29, 1.82) is 0 Å². The Morgan fingerprint density at radius 1 is 1.03 bits per heavy atom. The van der Waals surface area contributed by atoms with Gasteiger partial charge in [-0.2, -0.15) is 13.1 Å². The summed E-state index contributed by atoms with van der Waals surface area (Å²) in [5, 5.41) is 0. The highest BCUT2D eigenvalue weighted by molar-refractivity contribution is 7.89. The lowest BCUT2D eigenvalue weighted by Gasteiger charge is -2.36. The van der Waals surface area contributed by atoms with Gasteiger partial charge in [0.1, 0.15) is 15.9 Å². The summed E-state index contributed by atoms with van der Waals surface area (Å²) in [4.78, 5) is 15.3. The van der Waals surface area contributed by atoms with Crippen LogP contribution in [-0.4, -0.2) is 51.9 Å². The Labute approximate surface area is 179 Å². The molecule has 2 aromatic carbocycles. The summed E-state index contributed by atoms with van der Waals surface area (Å²) in [6.07, 6.45) is 2.23. The normalized spacial score (nSPS) is 20.3. The number of nitrogens with zero attached hydrogens (tertiary/aromatic N) is 4. The second-order valence-corrected chi connectivity index (χ2v) is 10.3. The summed E-state index contributed by atoms with van der Waals surface area (Å²) in [7, 11) is -3.74. The first kappa shape index (κ1) is 19.6. The van der Waals surface area contributed by atoms with Crippen molar-refractivity contribution in [2.45, 2.75) is 30.7 Å². The molecule has 7 nitrogen and oxygen atoms in total. The number of amides is 1. The highest BCUT2D eigenvalue weighted by Gasteiger charge is 2.36. The van der Waals surface area contributed by atoms with E-state index in [4.69, 9.17) is 0 Å². The summed E-state index contributed by atoms with van der Waals surface area (Å²) in [5.41, 5.74) is 3.46. The molecule has 0 aliphatic carbocycles. The zero-order valence-electron chi connectivity index (χ0n) is 16.4. The van der Waals surface area contributed by atoms with E-state index >= 15 is 0 Å². The SMILES string of the molecule is O=C([C@H]1CCCN(S(=O)(=O)c2cccc3nsnc23)C1)N1CCc2ccccc2C1. The predicted molar refractivity (Wildman–Crippen MR) is 114 cm³/mol. The van der Waals surface area contributed by atoms with Crippen LogP contribution in [0.25, 0.3) is 11.0 Å². The maximum absolute atomic E-state index is 13.3. The molecule has 3 heterocycles. The van der Waals surface area contributed by atoms with Gasteiger partial charge in [0.25, 0.3) is 0 Å². The van der Waals surface area contributed by atoms with E-state index < -0.39 is 10.0 Å². The number of rotatable bonds is 3. The first-order chi connectivity index (χ1) is 14.5. The highest BCUT2D eigenvalue weighted by atomic mass is 32.2. The molecule has 5 rings (SSSR count). The summed E-state index contributed by atoms with van der Waals surface area (Å²) in [6.45, 7) is 1.92. The minimum absolute atomic E-state index is 0.0536. The number of benzene rings is 2. The van der Waals surface area contributed by atoms with Gasteiger partial charge in [-0.05, 0) is 42.5 Å². The molecule has 0 unspecified atom stereocenters. The number of sulfonamides is 1. The Kier molecular flexibility index (Phi) is 5.04. The van der Waals surface area contributed by atoms with Crippen LogP contribution in [0, 0.1) is 5.92 Å². The predicted octanol–water partition coefficient (Wildman–Crippen LogP) is 2.68. The van der Waals surface area contributed by atoms with Gasteiger partial charge in [-0.25, -0.2) is 8.42 Å². The average molecular weight is 443 g/mol. The van der Waals surface area contributed by atoms with Crippen molar-refractivity contribution in [3.8, 4) is 0 Å². The highest BCUT2D eigenvalue weighted by Crippen LogP contribution is 2.29. The molecule has 0 saturated carbocycles. The Morgan fingerprint density at radius 3 is 2.73 bits per heavy atom. The van der Waals surface area contributed by atoms with E-state index in [1.165, 1.54) is 15.4 Å². The van der Waals surface area contributed by atoms with Gasteiger partial charge in [0.2, 0.25) is 15.9 Å². The fourth-order valence-corrected chi connectivity index (χ4v) is 6.71. The van der Waals surface area contributed by atoms with E-state index in [1.807, 2.05) is 17.0 Å². The van der Waals surface area contributed by atoms with Crippen LogP contribution in [0.3, 0.4) is 0 Å². The maximum Gasteiger partial charge on any atom is 0.245 e. The second-order valence-electron chi connectivity index (χ2n) is 7.87. The van der Waals surface area contributed by atoms with E-state index in [2.05, 4.69) is 20.9 Å². The van der Waals surface area contributed by atoms with E-state index in [-0.39, 0.29) is 23.3 Å². The Hall–Kier alpha value is -2.36. The molecule has 2 aliphatic rings. The summed E-state index contributed by atoms with van der Waals surface area (Å²) < 4.78 is 36.5. The summed E-state index contributed by atoms with van der Waals surface area (Å²) >= 11 is 1.00. The van der Waals surface area contributed by atoms with Crippen LogP contribution >= 0.6 is 11.7 Å². The molecule has 0 N–H and O–H groups in total. The van der Waals surface area contributed by atoms with E-state index in [0.717, 1.165) is 18.1 Å². The molecular weight excluding hydrogens is 420 g/mol. The van der Waals surface area contributed by atoms with E-state index in [9.17, 15) is 13.2 Å². The number of aromatic nitrogens is 2. The van der Waals surface area contributed by atoms with Gasteiger partial charge in [-0.1, -0.05) is 30.3 Å². The summed E-state index contributed by atoms with van der Waals surface area (Å²) in [6, 6.07) is 13.2. The third-order valence-electron chi connectivity index (χ3n) is 6.04. The number of piperidine rings is 1. The van der Waals surface area contributed by atoms with Crippen LogP contribution in [0.1, 0.15) is 24.0 Å². The Morgan fingerprint density at radius 2 is 1.87 bits per heavy atom. The molecule has 30 heavy (non-hydrogen) atoms. The second kappa shape index (κ2) is 7.72. The van der Waals surface area contributed by atoms with Crippen molar-refractivity contribution in [3.05, 3.63) is 53.6 Å². The zero-order chi connectivity index (χ0) is 20.7. The van der Waals surface area contributed by atoms with E-state index in [0.29, 0.717) is 43.5 Å². The first-order valence-corrected chi connectivity index (χ1v) is 12.3. The van der Waals surface area contributed by atoms with Gasteiger partial charge in [-0.3, -0.25) is 4.79 Å². The molecule has 1 fully saturated rings. The lowest BCUT2D eigenvalue weighted by atomic mass is 9.95. The average Bonchev–Trinajstić information content (AvgIpc) is 3.27. The van der Waals surface area contributed by atoms with Crippen LogP contribution in [0.2, 0.25) is 0 Å². The molecular formula is C21H22N4O3S2. The number of carbonyl (C=O) groups excluding carboxylic acids is 1. The Bertz CT molecular complexity index is 1210. The molecule has 1 aromatic heterocycles. The van der Waals surface area contributed by atoms with Crippen LogP contribution < -0.4 is 0 Å². The van der Waals surface area contributed by atoms with Gasteiger partial charge < -0.3 is 4.90 Å².